The van der Waals surface area contributed by atoms with E-state index in [1.54, 1.807) is 34.9 Å². The second kappa shape index (κ2) is 11.1. The molecule has 0 unspecified atom stereocenters. The Bertz CT molecular complexity index is 1620. The van der Waals surface area contributed by atoms with Gasteiger partial charge in [0.1, 0.15) is 5.69 Å². The minimum absolute atomic E-state index is 0.0847. The van der Waals surface area contributed by atoms with Crippen LogP contribution < -0.4 is 5.32 Å². The van der Waals surface area contributed by atoms with Crippen LogP contribution in [0.3, 0.4) is 0 Å². The van der Waals surface area contributed by atoms with Crippen molar-refractivity contribution in [2.24, 2.45) is 0 Å². The molecule has 7 nitrogen and oxygen atoms in total. The highest BCUT2D eigenvalue weighted by Crippen LogP contribution is 2.34. The largest absolute Gasteiger partial charge is 0.416 e. The number of anilines is 1. The topological polar surface area (TPSA) is 65.8 Å². The minimum Gasteiger partial charge on any atom is -0.322 e. The number of alkyl halides is 3. The number of nitrogens with zero attached hydrogens (tertiary/aromatic N) is 5. The van der Waals surface area contributed by atoms with E-state index in [0.29, 0.717) is 35.7 Å². The zero-order valence-electron chi connectivity index (χ0n) is 22.5. The van der Waals surface area contributed by atoms with Crippen LogP contribution in [0, 0.1) is 25.7 Å². The summed E-state index contributed by atoms with van der Waals surface area (Å²) in [6, 6.07) is 10.8. The molecule has 1 fully saturated rings. The summed E-state index contributed by atoms with van der Waals surface area (Å²) < 4.78 is 43.7. The van der Waals surface area contributed by atoms with Crippen molar-refractivity contribution in [2.45, 2.75) is 26.6 Å². The molecular formula is C30H29F3N6O. The Morgan fingerprint density at radius 2 is 1.82 bits per heavy atom. The third-order valence-electron chi connectivity index (χ3n) is 7.06. The predicted octanol–water partition coefficient (Wildman–Crippen LogP) is 4.76. The average molecular weight is 547 g/mol. The second-order valence-electron chi connectivity index (χ2n) is 10.0. The Balaban J connectivity index is 1.36. The Hall–Kier alpha value is -4.20. The molecule has 5 rings (SSSR count). The van der Waals surface area contributed by atoms with Gasteiger partial charge in [0, 0.05) is 61.9 Å². The van der Waals surface area contributed by atoms with Gasteiger partial charge in [0.15, 0.2) is 0 Å². The van der Waals surface area contributed by atoms with E-state index in [1.807, 2.05) is 32.0 Å². The first-order valence-electron chi connectivity index (χ1n) is 12.9. The van der Waals surface area contributed by atoms with E-state index in [9.17, 15) is 18.0 Å². The zero-order valence-corrected chi connectivity index (χ0v) is 22.5. The number of fused-ring (bicyclic) bond motifs is 1. The zero-order chi connectivity index (χ0) is 28.4. The monoisotopic (exact) mass is 546 g/mol. The van der Waals surface area contributed by atoms with Crippen molar-refractivity contribution in [1.82, 2.24) is 24.2 Å². The van der Waals surface area contributed by atoms with Gasteiger partial charge in [0.25, 0.3) is 5.91 Å². The summed E-state index contributed by atoms with van der Waals surface area (Å²) in [5.41, 5.74) is 2.75. The summed E-state index contributed by atoms with van der Waals surface area (Å²) in [4.78, 5) is 25.9. The molecule has 40 heavy (non-hydrogen) atoms. The maximum absolute atomic E-state index is 14.0. The molecule has 1 N–H and O–H groups in total. The number of hydrogen-bond donors (Lipinski definition) is 1. The molecule has 2 aromatic heterocycles. The molecule has 206 valence electrons. The van der Waals surface area contributed by atoms with Crippen LogP contribution in [0.4, 0.5) is 18.9 Å². The molecule has 0 radical (unpaired) electrons. The van der Waals surface area contributed by atoms with Crippen molar-refractivity contribution in [3.8, 4) is 11.8 Å². The smallest absolute Gasteiger partial charge is 0.322 e. The molecule has 0 saturated carbocycles. The third kappa shape index (κ3) is 6.01. The van der Waals surface area contributed by atoms with E-state index in [0.717, 1.165) is 30.4 Å². The summed E-state index contributed by atoms with van der Waals surface area (Å²) >= 11 is 0. The lowest BCUT2D eigenvalue weighted by atomic mass is 10.0. The SMILES string of the molecule is Cc1ccc(C(=O)Nc2ccc(CN3CCN(C)CC3)c(C(F)(F)F)c2)cc1C#Cc1c(C)nc2ncccn12. The highest BCUT2D eigenvalue weighted by molar-refractivity contribution is 6.04. The number of carbonyl (C=O) groups excluding carboxylic acids is 1. The standard InChI is InChI=1S/C30H29F3N6O/c1-20-5-6-23(17-22(20)8-10-27-21(2)35-29-34-11-4-12-39(27)29)28(40)36-25-9-7-24(26(18-25)30(31,32)33)19-38-15-13-37(3)14-16-38/h4-7,9,11-12,17-18H,13-16,19H2,1-3H3,(H,36,40). The Morgan fingerprint density at radius 1 is 1.05 bits per heavy atom. The molecule has 1 aliphatic heterocycles. The van der Waals surface area contributed by atoms with Crippen LogP contribution in [-0.2, 0) is 12.7 Å². The van der Waals surface area contributed by atoms with E-state index in [1.165, 1.54) is 12.1 Å². The Labute approximate surface area is 230 Å². The molecule has 1 saturated heterocycles. The first-order chi connectivity index (χ1) is 19.1. The number of rotatable bonds is 4. The van der Waals surface area contributed by atoms with Crippen LogP contribution in [0.5, 0.6) is 0 Å². The van der Waals surface area contributed by atoms with Crippen LogP contribution >= 0.6 is 0 Å². The first kappa shape index (κ1) is 27.4. The predicted molar refractivity (Wildman–Crippen MR) is 147 cm³/mol. The fourth-order valence-electron chi connectivity index (χ4n) is 4.68. The van der Waals surface area contributed by atoms with Crippen LogP contribution in [0.1, 0.15) is 44.0 Å². The van der Waals surface area contributed by atoms with Gasteiger partial charge >= 0.3 is 6.18 Å². The molecule has 10 heteroatoms. The van der Waals surface area contributed by atoms with Crippen LogP contribution in [-0.4, -0.2) is 63.3 Å². The molecule has 0 atom stereocenters. The van der Waals surface area contributed by atoms with E-state index in [2.05, 4.69) is 32.0 Å². The molecule has 4 aromatic rings. The van der Waals surface area contributed by atoms with Crippen molar-refractivity contribution >= 4 is 17.4 Å². The minimum atomic E-state index is -4.54. The number of nitrogens with one attached hydrogen (secondary N) is 1. The van der Waals surface area contributed by atoms with Crippen molar-refractivity contribution in [3.63, 3.8) is 0 Å². The lowest BCUT2D eigenvalue weighted by molar-refractivity contribution is -0.138. The van der Waals surface area contributed by atoms with Gasteiger partial charge in [0.05, 0.1) is 11.3 Å². The number of amides is 1. The molecule has 0 bridgehead atoms. The molecule has 2 aromatic carbocycles. The average Bonchev–Trinajstić information content (AvgIpc) is 3.24. The number of benzene rings is 2. The number of carbonyl (C=O) groups is 1. The Kier molecular flexibility index (Phi) is 7.61. The number of likely N-dealkylation sites (N-methyl/N-ethyl adjacent to an activating group) is 1. The fourth-order valence-corrected chi connectivity index (χ4v) is 4.68. The summed E-state index contributed by atoms with van der Waals surface area (Å²) in [5, 5.41) is 2.63. The van der Waals surface area contributed by atoms with Crippen molar-refractivity contribution in [3.05, 3.63) is 94.1 Å². The number of imidazole rings is 1. The van der Waals surface area contributed by atoms with Crippen molar-refractivity contribution in [1.29, 1.82) is 0 Å². The number of piperazine rings is 1. The third-order valence-corrected chi connectivity index (χ3v) is 7.06. The summed E-state index contributed by atoms with van der Waals surface area (Å²) in [6.07, 6.45) is -1.06. The maximum Gasteiger partial charge on any atom is 0.416 e. The van der Waals surface area contributed by atoms with Crippen LogP contribution in [0.25, 0.3) is 5.78 Å². The van der Waals surface area contributed by atoms with Gasteiger partial charge < -0.3 is 10.2 Å². The van der Waals surface area contributed by atoms with Gasteiger partial charge in [-0.3, -0.25) is 14.1 Å². The van der Waals surface area contributed by atoms with Crippen molar-refractivity contribution < 1.29 is 18.0 Å². The van der Waals surface area contributed by atoms with Crippen LogP contribution in [0.15, 0.2) is 54.9 Å². The summed E-state index contributed by atoms with van der Waals surface area (Å²) in [5.74, 6) is 6.26. The molecular weight excluding hydrogens is 517 g/mol. The normalized spacial score (nSPS) is 14.7. The number of halogens is 3. The molecule has 1 aliphatic rings. The van der Waals surface area contributed by atoms with Gasteiger partial charge in [-0.1, -0.05) is 18.1 Å². The number of hydrogen-bond acceptors (Lipinski definition) is 5. The first-order valence-corrected chi connectivity index (χ1v) is 12.9. The second-order valence-corrected chi connectivity index (χ2v) is 10.0. The van der Waals surface area contributed by atoms with E-state index in [-0.39, 0.29) is 17.8 Å². The lowest BCUT2D eigenvalue weighted by Crippen LogP contribution is -2.44. The van der Waals surface area contributed by atoms with Gasteiger partial charge in [-0.25, -0.2) is 9.97 Å². The van der Waals surface area contributed by atoms with Gasteiger partial charge in [0.2, 0.25) is 5.78 Å². The van der Waals surface area contributed by atoms with Crippen LogP contribution in [0.2, 0.25) is 0 Å². The van der Waals surface area contributed by atoms with E-state index in [4.69, 9.17) is 0 Å². The van der Waals surface area contributed by atoms with Crippen molar-refractivity contribution in [2.75, 3.05) is 38.5 Å². The fraction of sp³-hybridized carbons (Fsp3) is 0.300. The van der Waals surface area contributed by atoms with E-state index < -0.39 is 17.6 Å². The molecule has 0 spiro atoms. The number of aromatic nitrogens is 3. The quantitative estimate of drug-likeness (QED) is 0.374. The van der Waals surface area contributed by atoms with Gasteiger partial charge in [-0.15, -0.1) is 0 Å². The summed E-state index contributed by atoms with van der Waals surface area (Å²) in [6.45, 7) is 6.98. The van der Waals surface area contributed by atoms with Gasteiger partial charge in [-0.05, 0) is 68.3 Å². The summed E-state index contributed by atoms with van der Waals surface area (Å²) in [7, 11) is 2.00. The molecule has 0 aliphatic carbocycles. The molecule has 3 heterocycles. The number of aryl methyl sites for hydroxylation is 2. The maximum atomic E-state index is 14.0. The van der Waals surface area contributed by atoms with Gasteiger partial charge in [-0.2, -0.15) is 13.2 Å². The lowest BCUT2D eigenvalue weighted by Gasteiger charge is -2.33. The highest BCUT2D eigenvalue weighted by Gasteiger charge is 2.34. The molecule has 1 amide bonds. The van der Waals surface area contributed by atoms with E-state index >= 15 is 0 Å². The Morgan fingerprint density at radius 3 is 2.58 bits per heavy atom. The highest BCUT2D eigenvalue weighted by atomic mass is 19.4.